The molecule has 0 fully saturated rings. The molecule has 0 aliphatic heterocycles. The molecule has 4 aromatic heterocycles. The van der Waals surface area contributed by atoms with E-state index in [2.05, 4.69) is 35.0 Å². The summed E-state index contributed by atoms with van der Waals surface area (Å²) in [6.07, 6.45) is 4.35. The van der Waals surface area contributed by atoms with Crippen molar-refractivity contribution in [3.63, 3.8) is 0 Å². The number of nitrogens with one attached hydrogen (secondary N) is 2. The molecule has 0 aliphatic carbocycles. The monoisotopic (exact) mass is 555 g/mol. The topological polar surface area (TPSA) is 132 Å². The van der Waals surface area contributed by atoms with Crippen molar-refractivity contribution in [3.05, 3.63) is 84.0 Å². The number of rotatable bonds is 7. The van der Waals surface area contributed by atoms with Gasteiger partial charge in [0, 0.05) is 23.9 Å². The van der Waals surface area contributed by atoms with Gasteiger partial charge in [-0.1, -0.05) is 11.6 Å². The number of nitrogens with zero attached hydrogens (tertiary/aromatic N) is 5. The van der Waals surface area contributed by atoms with Crippen LogP contribution in [0.5, 0.6) is 5.88 Å². The molecule has 0 radical (unpaired) electrons. The predicted molar refractivity (Wildman–Crippen MR) is 137 cm³/mol. The Balaban J connectivity index is 1.49. The summed E-state index contributed by atoms with van der Waals surface area (Å²) in [6, 6.07) is 10.3. The minimum Gasteiger partial charge on any atom is -0.481 e. The van der Waals surface area contributed by atoms with E-state index < -0.39 is 26.6 Å². The lowest BCUT2D eigenvalue weighted by molar-refractivity contribution is 0.398. The summed E-state index contributed by atoms with van der Waals surface area (Å²) in [5.41, 5.74) is 2.28. The third-order valence-electron chi connectivity index (χ3n) is 5.25. The third kappa shape index (κ3) is 5.14. The summed E-state index contributed by atoms with van der Waals surface area (Å²) in [5, 5.41) is 2.95. The van der Waals surface area contributed by atoms with Crippen LogP contribution >= 0.6 is 11.6 Å². The quantitative estimate of drug-likeness (QED) is 0.267. The van der Waals surface area contributed by atoms with Crippen molar-refractivity contribution in [2.75, 3.05) is 17.1 Å². The number of aromatic nitrogens is 5. The third-order valence-corrected chi connectivity index (χ3v) is 6.95. The smallest absolute Gasteiger partial charge is 0.264 e. The number of hydrogen-bond acceptors (Lipinski definition) is 9. The number of fused-ring (bicyclic) bond motifs is 1. The summed E-state index contributed by atoms with van der Waals surface area (Å²) < 4.78 is 60.1. The normalized spacial score (nSPS) is 11.4. The lowest BCUT2D eigenvalue weighted by Gasteiger charge is -2.12. The molecule has 0 saturated heterocycles. The number of sulfonamides is 1. The standard InChI is InChI=1S/C24H16ClF2N7O3S/c1-37-21-7-3-15(11-28-21)32-24-22-18(30-12-31-24)5-4-17(33-22)13-8-19(23(25)29-10-13)34-38(35,36)20-6-2-14(26)9-16(20)27/h2-12,34H,1H3,(H,30,31,32). The highest BCUT2D eigenvalue weighted by molar-refractivity contribution is 7.92. The van der Waals surface area contributed by atoms with Crippen molar-refractivity contribution < 1.29 is 21.9 Å². The maximum Gasteiger partial charge on any atom is 0.264 e. The molecular weight excluding hydrogens is 540 g/mol. The van der Waals surface area contributed by atoms with E-state index in [1.165, 1.54) is 25.7 Å². The van der Waals surface area contributed by atoms with Crippen LogP contribution in [-0.2, 0) is 10.0 Å². The lowest BCUT2D eigenvalue weighted by atomic mass is 10.1. The van der Waals surface area contributed by atoms with Crippen molar-refractivity contribution in [3.8, 4) is 17.1 Å². The molecule has 38 heavy (non-hydrogen) atoms. The summed E-state index contributed by atoms with van der Waals surface area (Å²) in [5.74, 6) is -1.31. The second-order valence-corrected chi connectivity index (χ2v) is 9.75. The Hall–Kier alpha value is -4.49. The zero-order valence-electron chi connectivity index (χ0n) is 19.4. The molecule has 1 aromatic carbocycles. The van der Waals surface area contributed by atoms with Crippen LogP contribution in [0.2, 0.25) is 5.15 Å². The van der Waals surface area contributed by atoms with E-state index in [-0.39, 0.29) is 10.8 Å². The first-order valence-electron chi connectivity index (χ1n) is 10.8. The zero-order valence-corrected chi connectivity index (χ0v) is 20.9. The Morgan fingerprint density at radius 2 is 1.79 bits per heavy atom. The van der Waals surface area contributed by atoms with Crippen LogP contribution in [0.4, 0.5) is 26.0 Å². The highest BCUT2D eigenvalue weighted by Crippen LogP contribution is 2.30. The number of benzene rings is 1. The van der Waals surface area contributed by atoms with E-state index in [4.69, 9.17) is 16.3 Å². The maximum absolute atomic E-state index is 14.1. The molecule has 0 saturated carbocycles. The number of ether oxygens (including phenoxy) is 1. The molecule has 5 rings (SSSR count). The first-order chi connectivity index (χ1) is 18.2. The average Bonchev–Trinajstić information content (AvgIpc) is 2.90. The molecule has 0 bridgehead atoms. The van der Waals surface area contributed by atoms with Crippen molar-refractivity contribution in [2.24, 2.45) is 0 Å². The van der Waals surface area contributed by atoms with Crippen LogP contribution in [0.15, 0.2) is 72.1 Å². The lowest BCUT2D eigenvalue weighted by Crippen LogP contribution is -2.15. The molecule has 0 atom stereocenters. The molecule has 10 nitrogen and oxygen atoms in total. The van der Waals surface area contributed by atoms with Gasteiger partial charge in [-0.25, -0.2) is 42.1 Å². The molecular formula is C24H16ClF2N7O3S. The van der Waals surface area contributed by atoms with Crippen LogP contribution in [0, 0.1) is 11.6 Å². The van der Waals surface area contributed by atoms with Gasteiger partial charge in [-0.05, 0) is 36.4 Å². The number of pyridine rings is 3. The van der Waals surface area contributed by atoms with E-state index in [1.807, 2.05) is 0 Å². The molecule has 0 amide bonds. The van der Waals surface area contributed by atoms with Crippen LogP contribution in [0.25, 0.3) is 22.3 Å². The van der Waals surface area contributed by atoms with Crippen molar-refractivity contribution in [2.45, 2.75) is 4.90 Å². The van der Waals surface area contributed by atoms with Crippen molar-refractivity contribution in [1.29, 1.82) is 0 Å². The Morgan fingerprint density at radius 3 is 2.53 bits per heavy atom. The summed E-state index contributed by atoms with van der Waals surface area (Å²) in [7, 11) is -2.93. The van der Waals surface area contributed by atoms with E-state index in [0.29, 0.717) is 45.7 Å². The van der Waals surface area contributed by atoms with Gasteiger partial charge in [-0.15, -0.1) is 0 Å². The molecule has 0 unspecified atom stereocenters. The molecule has 0 spiro atoms. The van der Waals surface area contributed by atoms with Gasteiger partial charge < -0.3 is 10.1 Å². The molecule has 4 heterocycles. The van der Waals surface area contributed by atoms with Gasteiger partial charge in [0.25, 0.3) is 10.0 Å². The van der Waals surface area contributed by atoms with E-state index in [1.54, 1.807) is 30.5 Å². The first-order valence-corrected chi connectivity index (χ1v) is 12.6. The Bertz CT molecular complexity index is 1770. The minimum absolute atomic E-state index is 0.123. The molecule has 0 aliphatic rings. The second-order valence-electron chi connectivity index (χ2n) is 7.74. The molecule has 2 N–H and O–H groups in total. The van der Waals surface area contributed by atoms with E-state index >= 15 is 0 Å². The fourth-order valence-corrected chi connectivity index (χ4v) is 4.78. The van der Waals surface area contributed by atoms with Crippen molar-refractivity contribution in [1.82, 2.24) is 24.9 Å². The average molecular weight is 556 g/mol. The minimum atomic E-state index is -4.44. The number of hydrogen-bond donors (Lipinski definition) is 2. The molecule has 5 aromatic rings. The first kappa shape index (κ1) is 25.2. The predicted octanol–water partition coefficient (Wildman–Crippen LogP) is 4.97. The summed E-state index contributed by atoms with van der Waals surface area (Å²) in [6.45, 7) is 0. The zero-order chi connectivity index (χ0) is 26.9. The molecule has 14 heteroatoms. The van der Waals surface area contributed by atoms with Gasteiger partial charge in [0.2, 0.25) is 5.88 Å². The van der Waals surface area contributed by atoms with Gasteiger partial charge >= 0.3 is 0 Å². The van der Waals surface area contributed by atoms with Crippen molar-refractivity contribution >= 4 is 49.9 Å². The summed E-state index contributed by atoms with van der Waals surface area (Å²) >= 11 is 6.12. The number of methoxy groups -OCH3 is 1. The van der Waals surface area contributed by atoms with Gasteiger partial charge in [0.05, 0.1) is 35.9 Å². The maximum atomic E-state index is 14.1. The highest BCUT2D eigenvalue weighted by Gasteiger charge is 2.22. The summed E-state index contributed by atoms with van der Waals surface area (Å²) in [4.78, 5) is 20.6. The fourth-order valence-electron chi connectivity index (χ4n) is 3.46. The van der Waals surface area contributed by atoms with Crippen LogP contribution in [0.1, 0.15) is 0 Å². The van der Waals surface area contributed by atoms with Gasteiger partial charge in [0.15, 0.2) is 11.0 Å². The Labute approximate surface area is 219 Å². The van der Waals surface area contributed by atoms with E-state index in [9.17, 15) is 17.2 Å². The number of anilines is 3. The van der Waals surface area contributed by atoms with E-state index in [0.717, 1.165) is 12.1 Å². The van der Waals surface area contributed by atoms with Gasteiger partial charge in [0.1, 0.15) is 28.4 Å². The van der Waals surface area contributed by atoms with Crippen LogP contribution in [-0.4, -0.2) is 40.4 Å². The fraction of sp³-hybridized carbons (Fsp3) is 0.0417. The van der Waals surface area contributed by atoms with Crippen LogP contribution in [0.3, 0.4) is 0 Å². The number of halogens is 3. The largest absolute Gasteiger partial charge is 0.481 e. The van der Waals surface area contributed by atoms with Gasteiger partial charge in [-0.2, -0.15) is 0 Å². The second kappa shape index (κ2) is 10.1. The van der Waals surface area contributed by atoms with Crippen LogP contribution < -0.4 is 14.8 Å². The Morgan fingerprint density at radius 1 is 0.947 bits per heavy atom. The molecule has 192 valence electrons. The highest BCUT2D eigenvalue weighted by atomic mass is 35.5. The van der Waals surface area contributed by atoms with Gasteiger partial charge in [-0.3, -0.25) is 4.72 Å². The Kier molecular flexibility index (Phi) is 6.70. The SMILES string of the molecule is COc1ccc(Nc2ncnc3ccc(-c4cnc(Cl)c(NS(=O)(=O)c5ccc(F)cc5F)c4)nc23)cn1.